The van der Waals surface area contributed by atoms with Crippen molar-refractivity contribution in [3.8, 4) is 0 Å². The summed E-state index contributed by atoms with van der Waals surface area (Å²) in [5.74, 6) is 0.931. The van der Waals surface area contributed by atoms with Crippen molar-refractivity contribution in [3.63, 3.8) is 0 Å². The Balaban J connectivity index is 1.26. The van der Waals surface area contributed by atoms with Crippen molar-refractivity contribution in [1.82, 2.24) is 10.3 Å². The summed E-state index contributed by atoms with van der Waals surface area (Å²) < 4.78 is 0. The Bertz CT molecular complexity index is 1040. The lowest BCUT2D eigenvalue weighted by Crippen LogP contribution is -2.47. The molecular weight excluding hydrogens is 380 g/mol. The van der Waals surface area contributed by atoms with E-state index in [1.54, 1.807) is 0 Å². The fraction of sp³-hybridized carbons (Fsp3) is 0.222. The predicted octanol–water partition coefficient (Wildman–Crippen LogP) is 4.92. The molecule has 0 amide bonds. The number of nitrogens with zero attached hydrogens (tertiary/aromatic N) is 1. The zero-order chi connectivity index (χ0) is 21.4. The molecule has 31 heavy (non-hydrogen) atoms. The fourth-order valence-electron chi connectivity index (χ4n) is 3.88. The summed E-state index contributed by atoms with van der Waals surface area (Å²) in [4.78, 5) is 4.67. The normalized spacial score (nSPS) is 11.5. The Hall–Kier alpha value is -3.21. The number of hydrogen-bond donors (Lipinski definition) is 3. The van der Waals surface area contributed by atoms with Gasteiger partial charge in [0.15, 0.2) is 0 Å². The number of anilines is 1. The van der Waals surface area contributed by atoms with E-state index in [0.717, 1.165) is 48.4 Å². The quantitative estimate of drug-likeness (QED) is 0.325. The summed E-state index contributed by atoms with van der Waals surface area (Å²) in [5, 5.41) is 8.18. The minimum Gasteiger partial charge on any atom is -0.370 e. The second-order valence-electron chi connectivity index (χ2n) is 7.90. The smallest absolute Gasteiger partial charge is 0.126 e. The molecule has 4 heteroatoms. The molecule has 0 unspecified atom stereocenters. The van der Waals surface area contributed by atoms with Crippen molar-refractivity contribution in [3.05, 3.63) is 108 Å². The van der Waals surface area contributed by atoms with Crippen molar-refractivity contribution >= 4 is 16.7 Å². The van der Waals surface area contributed by atoms with Gasteiger partial charge in [0, 0.05) is 18.5 Å². The van der Waals surface area contributed by atoms with Gasteiger partial charge in [-0.3, -0.25) is 0 Å². The first-order chi connectivity index (χ1) is 15.3. The van der Waals surface area contributed by atoms with Gasteiger partial charge in [-0.25, -0.2) is 4.98 Å². The highest BCUT2D eigenvalue weighted by molar-refractivity contribution is 5.80. The Morgan fingerprint density at radius 1 is 0.677 bits per heavy atom. The molecule has 3 aromatic carbocycles. The van der Waals surface area contributed by atoms with Gasteiger partial charge >= 0.3 is 0 Å². The molecule has 4 nitrogen and oxygen atoms in total. The van der Waals surface area contributed by atoms with Gasteiger partial charge in [-0.15, -0.1) is 0 Å². The highest BCUT2D eigenvalue weighted by Crippen LogP contribution is 2.26. The average Bonchev–Trinajstić information content (AvgIpc) is 2.84. The molecule has 4 aromatic rings. The first-order valence-electron chi connectivity index (χ1n) is 11.0. The topological polar surface area (TPSA) is 63.0 Å². The Labute approximate surface area is 184 Å². The Morgan fingerprint density at radius 3 is 2.00 bits per heavy atom. The number of nitrogens with two attached hydrogens (primary N) is 1. The van der Waals surface area contributed by atoms with E-state index in [1.165, 1.54) is 5.39 Å². The molecule has 1 aromatic heterocycles. The van der Waals surface area contributed by atoms with Gasteiger partial charge in [0.2, 0.25) is 0 Å². The average molecular weight is 411 g/mol. The third-order valence-electron chi connectivity index (χ3n) is 5.67. The lowest BCUT2D eigenvalue weighted by atomic mass is 9.83. The molecule has 0 saturated heterocycles. The number of rotatable bonds is 10. The van der Waals surface area contributed by atoms with Crippen molar-refractivity contribution in [1.29, 1.82) is 0 Å². The van der Waals surface area contributed by atoms with Crippen LogP contribution in [-0.4, -0.2) is 24.6 Å². The molecule has 4 rings (SSSR count). The van der Waals surface area contributed by atoms with E-state index in [-0.39, 0.29) is 0 Å². The van der Waals surface area contributed by atoms with Crippen LogP contribution < -0.4 is 16.4 Å². The largest absolute Gasteiger partial charge is 0.370 e. The number of hydrogen-bond acceptors (Lipinski definition) is 4. The minimum atomic E-state index is -0.546. The van der Waals surface area contributed by atoms with Crippen LogP contribution in [0, 0.1) is 0 Å². The molecule has 0 saturated carbocycles. The summed E-state index contributed by atoms with van der Waals surface area (Å²) in [6, 6.07) is 33.0. The van der Waals surface area contributed by atoms with E-state index in [2.05, 4.69) is 52.0 Å². The van der Waals surface area contributed by atoms with Gasteiger partial charge < -0.3 is 16.4 Å². The summed E-state index contributed by atoms with van der Waals surface area (Å²) in [6.07, 6.45) is 2.13. The van der Waals surface area contributed by atoms with Crippen LogP contribution in [0.15, 0.2) is 97.1 Å². The van der Waals surface area contributed by atoms with Gasteiger partial charge in [-0.2, -0.15) is 0 Å². The third kappa shape index (κ3) is 5.29. The van der Waals surface area contributed by atoms with Gasteiger partial charge in [0.25, 0.3) is 0 Å². The summed E-state index contributed by atoms with van der Waals surface area (Å²) >= 11 is 0. The maximum Gasteiger partial charge on any atom is 0.126 e. The van der Waals surface area contributed by atoms with E-state index < -0.39 is 5.54 Å². The van der Waals surface area contributed by atoms with Gasteiger partial charge in [-0.1, -0.05) is 78.9 Å². The first kappa shape index (κ1) is 21.0. The first-order valence-corrected chi connectivity index (χ1v) is 11.0. The molecule has 0 aliphatic heterocycles. The standard InChI is InChI=1S/C27H30N4/c28-27(23-12-3-1-4-13-23,24-14-5-2-6-15-24)21-29-19-9-10-20-30-26-18-17-22-11-7-8-16-25(22)31-26/h1-8,11-18,29H,9-10,19-21,28H2,(H,30,31). The molecule has 0 aliphatic carbocycles. The molecule has 0 bridgehead atoms. The molecule has 0 fully saturated rings. The molecule has 0 atom stereocenters. The molecule has 158 valence electrons. The number of nitrogens with one attached hydrogen (secondary N) is 2. The van der Waals surface area contributed by atoms with Crippen LogP contribution in [0.1, 0.15) is 24.0 Å². The van der Waals surface area contributed by atoms with E-state index >= 15 is 0 Å². The van der Waals surface area contributed by atoms with E-state index in [4.69, 9.17) is 5.73 Å². The number of para-hydroxylation sites is 1. The molecule has 0 aliphatic rings. The van der Waals surface area contributed by atoms with Crippen LogP contribution in [0.3, 0.4) is 0 Å². The minimum absolute atomic E-state index is 0.546. The van der Waals surface area contributed by atoms with E-state index in [9.17, 15) is 0 Å². The van der Waals surface area contributed by atoms with Gasteiger partial charge in [-0.05, 0) is 48.7 Å². The lowest BCUT2D eigenvalue weighted by Gasteiger charge is -2.31. The Kier molecular flexibility index (Phi) is 6.92. The maximum atomic E-state index is 6.92. The van der Waals surface area contributed by atoms with E-state index in [0.29, 0.717) is 6.54 Å². The number of fused-ring (bicyclic) bond motifs is 1. The number of aromatic nitrogens is 1. The highest BCUT2D eigenvalue weighted by Gasteiger charge is 2.28. The number of unbranched alkanes of at least 4 members (excludes halogenated alkanes) is 1. The summed E-state index contributed by atoms with van der Waals surface area (Å²) in [5.41, 5.74) is 9.64. The predicted molar refractivity (Wildman–Crippen MR) is 130 cm³/mol. The molecule has 0 spiro atoms. The SMILES string of the molecule is NC(CNCCCCNc1ccc2ccccc2n1)(c1ccccc1)c1ccccc1. The summed E-state index contributed by atoms with van der Waals surface area (Å²) in [7, 11) is 0. The molecule has 4 N–H and O–H groups in total. The second-order valence-corrected chi connectivity index (χ2v) is 7.90. The van der Waals surface area contributed by atoms with Crippen LogP contribution in [0.25, 0.3) is 10.9 Å². The summed E-state index contributed by atoms with van der Waals surface area (Å²) in [6.45, 7) is 2.52. The van der Waals surface area contributed by atoms with Crippen molar-refractivity contribution in [2.75, 3.05) is 25.0 Å². The third-order valence-corrected chi connectivity index (χ3v) is 5.67. The zero-order valence-corrected chi connectivity index (χ0v) is 17.8. The number of benzene rings is 3. The Morgan fingerprint density at radius 2 is 1.29 bits per heavy atom. The van der Waals surface area contributed by atoms with Crippen molar-refractivity contribution in [2.45, 2.75) is 18.4 Å². The fourth-order valence-corrected chi connectivity index (χ4v) is 3.88. The van der Waals surface area contributed by atoms with Crippen molar-refractivity contribution in [2.24, 2.45) is 5.73 Å². The highest BCUT2D eigenvalue weighted by atomic mass is 15.0. The van der Waals surface area contributed by atoms with Crippen LogP contribution in [0.2, 0.25) is 0 Å². The second kappa shape index (κ2) is 10.2. The lowest BCUT2D eigenvalue weighted by molar-refractivity contribution is 0.474. The maximum absolute atomic E-state index is 6.92. The van der Waals surface area contributed by atoms with Crippen molar-refractivity contribution < 1.29 is 0 Å². The molecule has 0 radical (unpaired) electrons. The van der Waals surface area contributed by atoms with E-state index in [1.807, 2.05) is 60.7 Å². The van der Waals surface area contributed by atoms with Crippen LogP contribution in [-0.2, 0) is 5.54 Å². The van der Waals surface area contributed by atoms with Gasteiger partial charge in [0.05, 0.1) is 11.1 Å². The molecular formula is C27H30N4. The van der Waals surface area contributed by atoms with Gasteiger partial charge in [0.1, 0.15) is 5.82 Å². The zero-order valence-electron chi connectivity index (χ0n) is 17.8. The molecule has 1 heterocycles. The van der Waals surface area contributed by atoms with Crippen LogP contribution in [0.4, 0.5) is 5.82 Å². The number of pyridine rings is 1. The monoisotopic (exact) mass is 410 g/mol. The van der Waals surface area contributed by atoms with Crippen LogP contribution in [0.5, 0.6) is 0 Å². The van der Waals surface area contributed by atoms with Crippen LogP contribution >= 0.6 is 0 Å².